The average Bonchev–Trinajstić information content (AvgIpc) is 2.77. The van der Waals surface area contributed by atoms with Crippen LogP contribution < -0.4 is 9.62 Å². The predicted octanol–water partition coefficient (Wildman–Crippen LogP) is 3.82. The van der Waals surface area contributed by atoms with Crippen molar-refractivity contribution in [2.24, 2.45) is 0 Å². The molecule has 9 heteroatoms. The molecule has 1 amide bonds. The van der Waals surface area contributed by atoms with Crippen molar-refractivity contribution in [2.45, 2.75) is 11.8 Å². The largest absolute Gasteiger partial charge is 0.462 e. The molecule has 7 nitrogen and oxygen atoms in total. The normalized spacial score (nSPS) is 13.6. The molecule has 0 radical (unpaired) electrons. The molecule has 1 N–H and O–H groups in total. The average molecular weight is 454 g/mol. The third-order valence-corrected chi connectivity index (χ3v) is 6.76. The number of nitrogens with one attached hydrogen (secondary N) is 1. The summed E-state index contributed by atoms with van der Waals surface area (Å²) in [5, 5.41) is 2.62. The van der Waals surface area contributed by atoms with E-state index in [0.717, 1.165) is 10.4 Å². The van der Waals surface area contributed by atoms with Crippen molar-refractivity contribution in [3.05, 3.63) is 78.1 Å². The van der Waals surface area contributed by atoms with Crippen LogP contribution in [0.1, 0.15) is 17.3 Å². The Hall–Kier alpha value is -3.72. The summed E-state index contributed by atoms with van der Waals surface area (Å²) in [6.45, 7) is 1.44. The predicted molar refractivity (Wildman–Crippen MR) is 117 cm³/mol. The molecule has 0 saturated carbocycles. The van der Waals surface area contributed by atoms with Crippen molar-refractivity contribution in [1.82, 2.24) is 0 Å². The molecule has 1 aliphatic heterocycles. The first-order valence-corrected chi connectivity index (χ1v) is 11.2. The SMILES string of the molecule is CCOC(=O)c1ccc(NC(=O)CN2c3ccc(F)cc3-c3ccccc3S2(=O)=O)cc1. The Morgan fingerprint density at radius 3 is 2.44 bits per heavy atom. The summed E-state index contributed by atoms with van der Waals surface area (Å²) < 4.78 is 46.2. The Bertz CT molecular complexity index is 1310. The molecular weight excluding hydrogens is 435 g/mol. The van der Waals surface area contributed by atoms with Crippen molar-refractivity contribution < 1.29 is 27.1 Å². The van der Waals surface area contributed by atoms with E-state index >= 15 is 0 Å². The summed E-state index contributed by atoms with van der Waals surface area (Å²) in [5.41, 5.74) is 1.71. The number of esters is 1. The monoisotopic (exact) mass is 454 g/mol. The van der Waals surface area contributed by atoms with Gasteiger partial charge >= 0.3 is 5.97 Å². The van der Waals surface area contributed by atoms with Crippen molar-refractivity contribution in [2.75, 3.05) is 22.8 Å². The molecular formula is C23H19FN2O5S. The number of halogens is 1. The van der Waals surface area contributed by atoms with Gasteiger partial charge in [-0.1, -0.05) is 18.2 Å². The van der Waals surface area contributed by atoms with E-state index in [1.54, 1.807) is 25.1 Å². The van der Waals surface area contributed by atoms with Gasteiger partial charge in [0.15, 0.2) is 0 Å². The minimum absolute atomic E-state index is 0.00434. The summed E-state index contributed by atoms with van der Waals surface area (Å²) in [5.74, 6) is -1.58. The molecule has 0 spiro atoms. The lowest BCUT2D eigenvalue weighted by Crippen LogP contribution is -2.40. The van der Waals surface area contributed by atoms with Gasteiger partial charge < -0.3 is 10.1 Å². The zero-order chi connectivity index (χ0) is 22.9. The van der Waals surface area contributed by atoms with Crippen LogP contribution in [0.2, 0.25) is 0 Å². The third-order valence-electron chi connectivity index (χ3n) is 4.94. The van der Waals surface area contributed by atoms with E-state index in [4.69, 9.17) is 4.74 Å². The van der Waals surface area contributed by atoms with Crippen LogP contribution in [0, 0.1) is 5.82 Å². The molecule has 1 heterocycles. The van der Waals surface area contributed by atoms with Gasteiger partial charge in [-0.05, 0) is 55.5 Å². The summed E-state index contributed by atoms with van der Waals surface area (Å²) >= 11 is 0. The summed E-state index contributed by atoms with van der Waals surface area (Å²) in [6, 6.07) is 16.1. The van der Waals surface area contributed by atoms with Crippen LogP contribution in [-0.4, -0.2) is 33.4 Å². The van der Waals surface area contributed by atoms with Gasteiger partial charge in [0.1, 0.15) is 12.4 Å². The number of carbonyl (C=O) groups excluding carboxylic acids is 2. The quantitative estimate of drug-likeness (QED) is 0.592. The number of sulfonamides is 1. The molecule has 32 heavy (non-hydrogen) atoms. The van der Waals surface area contributed by atoms with E-state index in [-0.39, 0.29) is 17.2 Å². The molecule has 3 aromatic rings. The number of nitrogens with zero attached hydrogens (tertiary/aromatic N) is 1. The molecule has 0 aliphatic carbocycles. The second kappa shape index (κ2) is 8.43. The van der Waals surface area contributed by atoms with Crippen LogP contribution in [0.4, 0.5) is 15.8 Å². The number of ether oxygens (including phenoxy) is 1. The molecule has 4 rings (SSSR count). The van der Waals surface area contributed by atoms with Gasteiger partial charge in [-0.3, -0.25) is 9.10 Å². The molecule has 0 atom stereocenters. The fraction of sp³-hybridized carbons (Fsp3) is 0.130. The fourth-order valence-corrected chi connectivity index (χ4v) is 5.16. The Balaban J connectivity index is 1.60. The lowest BCUT2D eigenvalue weighted by Gasteiger charge is -2.31. The molecule has 3 aromatic carbocycles. The lowest BCUT2D eigenvalue weighted by atomic mass is 10.0. The number of amides is 1. The zero-order valence-electron chi connectivity index (χ0n) is 17.0. The van der Waals surface area contributed by atoms with E-state index in [0.29, 0.717) is 22.4 Å². The van der Waals surface area contributed by atoms with E-state index in [1.807, 2.05) is 0 Å². The van der Waals surface area contributed by atoms with Crippen LogP contribution in [0.3, 0.4) is 0 Å². The highest BCUT2D eigenvalue weighted by atomic mass is 32.2. The van der Waals surface area contributed by atoms with Crippen molar-refractivity contribution in [3.8, 4) is 11.1 Å². The number of anilines is 2. The van der Waals surface area contributed by atoms with Gasteiger partial charge in [-0.2, -0.15) is 0 Å². The molecule has 0 aromatic heterocycles. The number of hydrogen-bond donors (Lipinski definition) is 1. The van der Waals surface area contributed by atoms with Gasteiger partial charge in [0.25, 0.3) is 10.0 Å². The maximum absolute atomic E-state index is 13.9. The standard InChI is InChI=1S/C23H19FN2O5S/c1-2-31-23(28)15-7-10-17(11-8-15)25-22(27)14-26-20-12-9-16(24)13-19(20)18-5-3-4-6-21(18)32(26,29)30/h3-13H,2,14H2,1H3,(H,25,27). The number of hydrogen-bond acceptors (Lipinski definition) is 5. The molecule has 164 valence electrons. The third kappa shape index (κ3) is 3.94. The fourth-order valence-electron chi connectivity index (χ4n) is 3.51. The van der Waals surface area contributed by atoms with Crippen LogP contribution in [-0.2, 0) is 19.6 Å². The summed E-state index contributed by atoms with van der Waals surface area (Å²) in [6.07, 6.45) is 0. The van der Waals surface area contributed by atoms with Gasteiger partial charge in [-0.25, -0.2) is 17.6 Å². The van der Waals surface area contributed by atoms with Crippen LogP contribution in [0.25, 0.3) is 11.1 Å². The first kappa shape index (κ1) is 21.5. The number of fused-ring (bicyclic) bond motifs is 3. The van der Waals surface area contributed by atoms with E-state index in [2.05, 4.69) is 5.32 Å². The Labute approximate surface area is 184 Å². The number of carbonyl (C=O) groups is 2. The highest BCUT2D eigenvalue weighted by Crippen LogP contribution is 2.43. The summed E-state index contributed by atoms with van der Waals surface area (Å²) in [4.78, 5) is 24.4. The highest BCUT2D eigenvalue weighted by molar-refractivity contribution is 7.93. The minimum atomic E-state index is -4.03. The highest BCUT2D eigenvalue weighted by Gasteiger charge is 2.36. The van der Waals surface area contributed by atoms with Gasteiger partial charge in [0, 0.05) is 16.8 Å². The maximum Gasteiger partial charge on any atom is 0.338 e. The van der Waals surface area contributed by atoms with Crippen LogP contribution in [0.15, 0.2) is 71.6 Å². The zero-order valence-corrected chi connectivity index (χ0v) is 17.9. The Kier molecular flexibility index (Phi) is 5.67. The van der Waals surface area contributed by atoms with Gasteiger partial charge in [0.2, 0.25) is 5.91 Å². The van der Waals surface area contributed by atoms with E-state index in [1.165, 1.54) is 42.5 Å². The minimum Gasteiger partial charge on any atom is -0.462 e. The van der Waals surface area contributed by atoms with Crippen LogP contribution >= 0.6 is 0 Å². The maximum atomic E-state index is 13.9. The smallest absolute Gasteiger partial charge is 0.338 e. The van der Waals surface area contributed by atoms with E-state index in [9.17, 15) is 22.4 Å². The summed E-state index contributed by atoms with van der Waals surface area (Å²) in [7, 11) is -4.03. The molecule has 0 bridgehead atoms. The molecule has 0 fully saturated rings. The molecule has 0 saturated heterocycles. The second-order valence-electron chi connectivity index (χ2n) is 7.02. The van der Waals surface area contributed by atoms with Gasteiger partial charge in [-0.15, -0.1) is 0 Å². The van der Waals surface area contributed by atoms with Crippen molar-refractivity contribution >= 4 is 33.3 Å². The van der Waals surface area contributed by atoms with Gasteiger partial charge in [0.05, 0.1) is 22.8 Å². The number of rotatable bonds is 5. The first-order valence-electron chi connectivity index (χ1n) is 9.80. The molecule has 0 unspecified atom stereocenters. The Morgan fingerprint density at radius 2 is 1.72 bits per heavy atom. The van der Waals surface area contributed by atoms with Crippen LogP contribution in [0.5, 0.6) is 0 Å². The van der Waals surface area contributed by atoms with Crippen molar-refractivity contribution in [1.29, 1.82) is 0 Å². The lowest BCUT2D eigenvalue weighted by molar-refractivity contribution is -0.114. The van der Waals surface area contributed by atoms with E-state index < -0.39 is 34.3 Å². The number of benzene rings is 3. The first-order chi connectivity index (χ1) is 15.3. The molecule has 1 aliphatic rings. The second-order valence-corrected chi connectivity index (χ2v) is 8.85. The topological polar surface area (TPSA) is 92.8 Å². The Morgan fingerprint density at radius 1 is 1.00 bits per heavy atom. The van der Waals surface area contributed by atoms with Crippen molar-refractivity contribution in [3.63, 3.8) is 0 Å².